The van der Waals surface area contributed by atoms with E-state index in [1.807, 2.05) is 0 Å². The van der Waals surface area contributed by atoms with Crippen LogP contribution in [0.25, 0.3) is 0 Å². The molecule has 0 aliphatic carbocycles. The highest BCUT2D eigenvalue weighted by atomic mass is 19.1. The number of anilines is 1. The monoisotopic (exact) mass is 246 g/mol. The lowest BCUT2D eigenvalue weighted by molar-refractivity contribution is 0.0467. The van der Waals surface area contributed by atoms with Gasteiger partial charge in [-0.05, 0) is 35.9 Å². The Bertz CT molecular complexity index is 558. The summed E-state index contributed by atoms with van der Waals surface area (Å²) in [4.78, 5) is 15.5. The molecular formula is C13H11FN2O2. The number of nitrogens with zero attached hydrogens (tertiary/aromatic N) is 1. The molecule has 2 aromatic rings. The maximum Gasteiger partial charge on any atom is 0.341 e. The van der Waals surface area contributed by atoms with E-state index in [0.717, 1.165) is 11.6 Å². The summed E-state index contributed by atoms with van der Waals surface area (Å²) in [6, 6.07) is 7.27. The number of halogens is 1. The third-order valence-corrected chi connectivity index (χ3v) is 2.33. The minimum Gasteiger partial charge on any atom is -0.457 e. The average Bonchev–Trinajstić information content (AvgIpc) is 2.37. The summed E-state index contributed by atoms with van der Waals surface area (Å²) in [5, 5.41) is 0. The first-order chi connectivity index (χ1) is 8.66. The smallest absolute Gasteiger partial charge is 0.341 e. The SMILES string of the molecule is Nc1ccc(C(=O)OCc2ccncc2)c(F)c1. The molecule has 0 bridgehead atoms. The van der Waals surface area contributed by atoms with Gasteiger partial charge in [0.1, 0.15) is 12.4 Å². The first kappa shape index (κ1) is 12.0. The molecule has 18 heavy (non-hydrogen) atoms. The Morgan fingerprint density at radius 3 is 2.67 bits per heavy atom. The van der Waals surface area contributed by atoms with Crippen LogP contribution in [0.2, 0.25) is 0 Å². The van der Waals surface area contributed by atoms with Crippen molar-refractivity contribution in [1.29, 1.82) is 0 Å². The normalized spacial score (nSPS) is 10.1. The van der Waals surface area contributed by atoms with Gasteiger partial charge in [0, 0.05) is 18.1 Å². The van der Waals surface area contributed by atoms with E-state index in [1.54, 1.807) is 24.5 Å². The maximum atomic E-state index is 13.4. The molecule has 1 aromatic carbocycles. The molecular weight excluding hydrogens is 235 g/mol. The molecule has 5 heteroatoms. The first-order valence-corrected chi connectivity index (χ1v) is 5.28. The van der Waals surface area contributed by atoms with E-state index in [0.29, 0.717) is 0 Å². The van der Waals surface area contributed by atoms with Crippen molar-refractivity contribution in [2.75, 3.05) is 5.73 Å². The Kier molecular flexibility index (Phi) is 3.52. The molecule has 0 saturated heterocycles. The molecule has 92 valence electrons. The maximum absolute atomic E-state index is 13.4. The number of aromatic nitrogens is 1. The largest absolute Gasteiger partial charge is 0.457 e. The second-order valence-corrected chi connectivity index (χ2v) is 3.67. The number of carbonyl (C=O) groups is 1. The zero-order chi connectivity index (χ0) is 13.0. The number of nitrogen functional groups attached to an aromatic ring is 1. The molecule has 0 atom stereocenters. The molecule has 1 aromatic heterocycles. The minimum absolute atomic E-state index is 0.0746. The fourth-order valence-corrected chi connectivity index (χ4v) is 1.40. The Balaban J connectivity index is 2.04. The quantitative estimate of drug-likeness (QED) is 0.665. The molecule has 0 aliphatic heterocycles. The molecule has 0 amide bonds. The van der Waals surface area contributed by atoms with Crippen molar-refractivity contribution in [2.45, 2.75) is 6.61 Å². The van der Waals surface area contributed by atoms with Gasteiger partial charge < -0.3 is 10.5 Å². The summed E-state index contributed by atoms with van der Waals surface area (Å²) in [5.41, 5.74) is 6.32. The number of nitrogens with two attached hydrogens (primary N) is 1. The summed E-state index contributed by atoms with van der Waals surface area (Å²) in [6.45, 7) is 0.0746. The zero-order valence-electron chi connectivity index (χ0n) is 9.47. The van der Waals surface area contributed by atoms with Crippen molar-refractivity contribution in [3.05, 3.63) is 59.7 Å². The van der Waals surface area contributed by atoms with Gasteiger partial charge >= 0.3 is 5.97 Å². The lowest BCUT2D eigenvalue weighted by Gasteiger charge is -2.06. The highest BCUT2D eigenvalue weighted by molar-refractivity contribution is 5.90. The van der Waals surface area contributed by atoms with Crippen LogP contribution < -0.4 is 5.73 Å². The highest BCUT2D eigenvalue weighted by Crippen LogP contribution is 2.13. The van der Waals surface area contributed by atoms with Crippen LogP contribution in [0.15, 0.2) is 42.7 Å². The third kappa shape index (κ3) is 2.82. The second kappa shape index (κ2) is 5.27. The van der Waals surface area contributed by atoms with Crippen LogP contribution in [0.5, 0.6) is 0 Å². The van der Waals surface area contributed by atoms with Gasteiger partial charge in [0.15, 0.2) is 0 Å². The highest BCUT2D eigenvalue weighted by Gasteiger charge is 2.13. The van der Waals surface area contributed by atoms with Crippen LogP contribution in [-0.4, -0.2) is 11.0 Å². The van der Waals surface area contributed by atoms with E-state index in [9.17, 15) is 9.18 Å². The van der Waals surface area contributed by atoms with E-state index in [1.165, 1.54) is 12.1 Å². The van der Waals surface area contributed by atoms with Gasteiger partial charge in [0.2, 0.25) is 0 Å². The second-order valence-electron chi connectivity index (χ2n) is 3.67. The number of benzene rings is 1. The molecule has 0 spiro atoms. The first-order valence-electron chi connectivity index (χ1n) is 5.28. The van der Waals surface area contributed by atoms with Crippen LogP contribution in [0.4, 0.5) is 10.1 Å². The van der Waals surface area contributed by atoms with E-state index < -0.39 is 11.8 Å². The van der Waals surface area contributed by atoms with Crippen molar-refractivity contribution in [3.63, 3.8) is 0 Å². The van der Waals surface area contributed by atoms with Gasteiger partial charge in [-0.15, -0.1) is 0 Å². The molecule has 0 aliphatic rings. The van der Waals surface area contributed by atoms with Crippen LogP contribution in [0, 0.1) is 5.82 Å². The minimum atomic E-state index is -0.718. The van der Waals surface area contributed by atoms with E-state index >= 15 is 0 Å². The van der Waals surface area contributed by atoms with Gasteiger partial charge in [-0.1, -0.05) is 0 Å². The van der Waals surface area contributed by atoms with Crippen LogP contribution in [-0.2, 0) is 11.3 Å². The summed E-state index contributed by atoms with van der Waals surface area (Å²) in [6.07, 6.45) is 3.18. The number of carbonyl (C=O) groups excluding carboxylic acids is 1. The molecule has 0 fully saturated rings. The predicted octanol–water partition coefficient (Wildman–Crippen LogP) is 2.16. The van der Waals surface area contributed by atoms with Crippen molar-refractivity contribution in [2.24, 2.45) is 0 Å². The summed E-state index contributed by atoms with van der Waals surface area (Å²) >= 11 is 0. The lowest BCUT2D eigenvalue weighted by Crippen LogP contribution is -2.08. The zero-order valence-corrected chi connectivity index (χ0v) is 9.47. The van der Waals surface area contributed by atoms with E-state index in [-0.39, 0.29) is 17.9 Å². The fourth-order valence-electron chi connectivity index (χ4n) is 1.40. The van der Waals surface area contributed by atoms with Crippen molar-refractivity contribution in [3.8, 4) is 0 Å². The van der Waals surface area contributed by atoms with E-state index in [4.69, 9.17) is 10.5 Å². The van der Waals surface area contributed by atoms with Gasteiger partial charge in [-0.3, -0.25) is 4.98 Å². The topological polar surface area (TPSA) is 65.2 Å². The molecule has 2 N–H and O–H groups in total. The number of ether oxygens (including phenoxy) is 1. The molecule has 4 nitrogen and oxygen atoms in total. The molecule has 0 saturated carbocycles. The van der Waals surface area contributed by atoms with Crippen LogP contribution in [0.1, 0.15) is 15.9 Å². The van der Waals surface area contributed by atoms with Crippen molar-refractivity contribution < 1.29 is 13.9 Å². The number of hydrogen-bond acceptors (Lipinski definition) is 4. The summed E-state index contributed by atoms with van der Waals surface area (Å²) < 4.78 is 18.4. The Labute approximate surface area is 103 Å². The van der Waals surface area contributed by atoms with Crippen LogP contribution >= 0.6 is 0 Å². The third-order valence-electron chi connectivity index (χ3n) is 2.33. The van der Waals surface area contributed by atoms with E-state index in [2.05, 4.69) is 4.98 Å². The molecule has 2 rings (SSSR count). The van der Waals surface area contributed by atoms with Gasteiger partial charge in [-0.25, -0.2) is 9.18 Å². The molecule has 0 unspecified atom stereocenters. The standard InChI is InChI=1S/C13H11FN2O2/c14-12-7-10(15)1-2-11(12)13(17)18-8-9-3-5-16-6-4-9/h1-7H,8,15H2. The number of pyridine rings is 1. The van der Waals surface area contributed by atoms with Gasteiger partial charge in [-0.2, -0.15) is 0 Å². The Morgan fingerprint density at radius 1 is 1.28 bits per heavy atom. The molecule has 1 heterocycles. The summed E-state index contributed by atoms with van der Waals surface area (Å²) in [5.74, 6) is -1.40. The average molecular weight is 246 g/mol. The Morgan fingerprint density at radius 2 is 2.00 bits per heavy atom. The molecule has 0 radical (unpaired) electrons. The number of rotatable bonds is 3. The number of hydrogen-bond donors (Lipinski definition) is 1. The van der Waals surface area contributed by atoms with Gasteiger partial charge in [0.25, 0.3) is 0 Å². The lowest BCUT2D eigenvalue weighted by atomic mass is 10.2. The number of esters is 1. The predicted molar refractivity (Wildman–Crippen MR) is 64.2 cm³/mol. The van der Waals surface area contributed by atoms with Crippen LogP contribution in [0.3, 0.4) is 0 Å². The summed E-state index contributed by atoms with van der Waals surface area (Å²) in [7, 11) is 0. The van der Waals surface area contributed by atoms with Gasteiger partial charge in [0.05, 0.1) is 5.56 Å². The van der Waals surface area contributed by atoms with Crippen molar-refractivity contribution in [1.82, 2.24) is 4.98 Å². The fraction of sp³-hybridized carbons (Fsp3) is 0.0769. The Hall–Kier alpha value is -2.43. The van der Waals surface area contributed by atoms with Crippen molar-refractivity contribution >= 4 is 11.7 Å².